The quantitative estimate of drug-likeness (QED) is 0.0262. The molecule has 370 valence electrons. The van der Waals surface area contributed by atoms with Crippen molar-refractivity contribution in [1.82, 2.24) is 0 Å². The zero-order chi connectivity index (χ0) is 50.3. The molecule has 0 rings (SSSR count). The largest absolute Gasteiger partial charge is 0.462 e. The van der Waals surface area contributed by atoms with E-state index >= 15 is 0 Å². The van der Waals surface area contributed by atoms with E-state index in [0.29, 0.717) is 19.3 Å². The molecule has 0 aromatic carbocycles. The number of allylic oxidation sites excluding steroid dienone is 4. The van der Waals surface area contributed by atoms with E-state index in [2.05, 4.69) is 45.1 Å². The molecule has 0 aliphatic rings. The lowest BCUT2D eigenvalue weighted by molar-refractivity contribution is -0.167. The number of esters is 3. The molecule has 0 fully saturated rings. The van der Waals surface area contributed by atoms with Crippen molar-refractivity contribution in [3.05, 3.63) is 24.3 Å². The van der Waals surface area contributed by atoms with Gasteiger partial charge in [0.15, 0.2) is 6.08 Å². The van der Waals surface area contributed by atoms with Crippen LogP contribution in [0.5, 0.6) is 0 Å². The highest BCUT2D eigenvalue weighted by Crippen LogP contribution is 2.16. The Morgan fingerprint density at radius 3 is 0.841 bits per heavy atom. The molecule has 0 N–H and O–H groups in total. The number of unbranched alkanes of at least 4 members (excludes halogenated alkanes) is 36. The van der Waals surface area contributed by atoms with E-state index < -0.39 is 37.1 Å². The normalized spacial score (nSPS) is 13.5. The van der Waals surface area contributed by atoms with E-state index in [1.165, 1.54) is 141 Å². The molecule has 6 heteroatoms. The second-order valence-corrected chi connectivity index (χ2v) is 18.3. The predicted octanol–water partition coefficient (Wildman–Crippen LogP) is 18.3. The average Bonchev–Trinajstić information content (AvgIpc) is 3.29. The predicted molar refractivity (Wildman–Crippen MR) is 270 cm³/mol. The van der Waals surface area contributed by atoms with Gasteiger partial charge in [0.1, 0.15) is 13.1 Å². The fraction of sp³-hybridized carbons (Fsp3) is 0.877. The molecule has 0 bridgehead atoms. The van der Waals surface area contributed by atoms with Crippen LogP contribution in [-0.4, -0.2) is 37.1 Å². The zero-order valence-electron chi connectivity index (χ0n) is 46.9. The third kappa shape index (κ3) is 50.7. The average molecular weight is 892 g/mol. The molecule has 0 atom stereocenters. The van der Waals surface area contributed by atoms with Crippen molar-refractivity contribution in [1.29, 1.82) is 0 Å². The van der Waals surface area contributed by atoms with E-state index in [0.717, 1.165) is 103 Å². The lowest BCUT2D eigenvalue weighted by atomic mass is 10.0. The lowest BCUT2D eigenvalue weighted by Gasteiger charge is -2.18. The molecule has 0 aliphatic carbocycles. The Hall–Kier alpha value is -2.11. The lowest BCUT2D eigenvalue weighted by Crippen LogP contribution is -2.30. The highest BCUT2D eigenvalue weighted by Gasteiger charge is 2.19. The van der Waals surface area contributed by atoms with Gasteiger partial charge in [-0.15, -0.1) is 0 Å². The molecule has 0 unspecified atom stereocenters. The van der Waals surface area contributed by atoms with Crippen molar-refractivity contribution in [3.8, 4) is 0 Å². The number of ether oxygens (including phenoxy) is 3. The summed E-state index contributed by atoms with van der Waals surface area (Å²) in [6.07, 6.45) is 50.4. The van der Waals surface area contributed by atoms with Gasteiger partial charge >= 0.3 is 17.9 Å². The summed E-state index contributed by atoms with van der Waals surface area (Å²) in [4.78, 5) is 39.0. The molecule has 63 heavy (non-hydrogen) atoms. The second kappa shape index (κ2) is 52.5. The SMILES string of the molecule is [2H]C([2H])(OC(=O)CCCCCCC/C=C\CCCCCCCC)C([2H])(OC(=O)CCCCCCCCCCCCCCCCC)C([2H])([2H])OC(=O)CCCCCCC/C=C\CCCCCCCC. The molecule has 0 amide bonds. The second-order valence-electron chi connectivity index (χ2n) is 18.3. The minimum absolute atomic E-state index is 0.140. The summed E-state index contributed by atoms with van der Waals surface area (Å²) in [5, 5.41) is 0. The van der Waals surface area contributed by atoms with Crippen LogP contribution >= 0.6 is 0 Å². The van der Waals surface area contributed by atoms with E-state index in [4.69, 9.17) is 21.1 Å². The molecule has 0 aromatic heterocycles. The maximum Gasteiger partial charge on any atom is 0.306 e. The smallest absolute Gasteiger partial charge is 0.306 e. The van der Waals surface area contributed by atoms with Crippen LogP contribution in [0.15, 0.2) is 24.3 Å². The van der Waals surface area contributed by atoms with E-state index in [1.54, 1.807) is 0 Å². The number of hydrogen-bond acceptors (Lipinski definition) is 6. The van der Waals surface area contributed by atoms with E-state index in [-0.39, 0.29) is 19.3 Å². The number of hydrogen-bond donors (Lipinski definition) is 0. The molecular weight excluding hydrogens is 781 g/mol. The fourth-order valence-corrected chi connectivity index (χ4v) is 7.86. The standard InChI is InChI=1S/C57H106O6/c1-4-7-10-13-16-19-22-25-28-31-34-37-40-43-46-49-55(58)61-52-54(63-57(60)51-48-45-42-39-36-33-30-27-24-21-18-15-12-9-6-3)53-62-56(59)50-47-44-41-38-35-32-29-26-23-20-17-14-11-8-5-2/h25-26,28-29,54H,4-24,27,30-53H2,1-3H3/b28-25-,29-26-/i52D2,53D2,54D. The van der Waals surface area contributed by atoms with Crippen LogP contribution in [0.25, 0.3) is 0 Å². The van der Waals surface area contributed by atoms with Crippen LogP contribution in [0.1, 0.15) is 310 Å². The van der Waals surface area contributed by atoms with Crippen molar-refractivity contribution < 1.29 is 35.4 Å². The van der Waals surface area contributed by atoms with Gasteiger partial charge < -0.3 is 14.2 Å². The van der Waals surface area contributed by atoms with Crippen molar-refractivity contribution in [3.63, 3.8) is 0 Å². The first kappa shape index (κ1) is 51.9. The van der Waals surface area contributed by atoms with E-state index in [9.17, 15) is 14.4 Å². The fourth-order valence-electron chi connectivity index (χ4n) is 7.86. The van der Waals surface area contributed by atoms with Crippen molar-refractivity contribution >= 4 is 17.9 Å². The van der Waals surface area contributed by atoms with E-state index in [1.807, 2.05) is 0 Å². The first-order valence-corrected chi connectivity index (χ1v) is 27.3. The molecule has 0 aromatic rings. The number of rotatable bonds is 51. The summed E-state index contributed by atoms with van der Waals surface area (Å²) in [6, 6.07) is 0. The highest BCUT2D eigenvalue weighted by atomic mass is 16.6. The third-order valence-electron chi connectivity index (χ3n) is 12.0. The van der Waals surface area contributed by atoms with Crippen LogP contribution in [0.2, 0.25) is 0 Å². The van der Waals surface area contributed by atoms with Gasteiger partial charge in [0.05, 0.1) is 6.85 Å². The summed E-state index contributed by atoms with van der Waals surface area (Å²) < 4.78 is 58.9. The first-order valence-electron chi connectivity index (χ1n) is 29.8. The van der Waals surface area contributed by atoms with Gasteiger partial charge in [-0.25, -0.2) is 0 Å². The Morgan fingerprint density at radius 2 is 0.571 bits per heavy atom. The van der Waals surface area contributed by atoms with Crippen LogP contribution in [-0.2, 0) is 28.6 Å². The molecular formula is C57H106O6. The summed E-state index contributed by atoms with van der Waals surface area (Å²) in [5.74, 6) is -2.96. The first-order chi connectivity index (χ1) is 32.9. The van der Waals surface area contributed by atoms with Gasteiger partial charge in [0.25, 0.3) is 0 Å². The molecule has 0 saturated carbocycles. The Labute approximate surface area is 399 Å². The molecule has 0 radical (unpaired) electrons. The maximum absolute atomic E-state index is 13.2. The molecule has 0 saturated heterocycles. The van der Waals surface area contributed by atoms with Gasteiger partial charge in [-0.05, 0) is 70.6 Å². The summed E-state index contributed by atoms with van der Waals surface area (Å²) in [6.45, 7) is -0.198. The van der Waals surface area contributed by atoms with Crippen LogP contribution in [0, 0.1) is 0 Å². The van der Waals surface area contributed by atoms with Crippen molar-refractivity contribution in [2.24, 2.45) is 0 Å². The van der Waals surface area contributed by atoms with Crippen LogP contribution < -0.4 is 0 Å². The van der Waals surface area contributed by atoms with Gasteiger partial charge in [-0.2, -0.15) is 0 Å². The number of carbonyl (C=O) groups is 3. The third-order valence-corrected chi connectivity index (χ3v) is 12.0. The van der Waals surface area contributed by atoms with Crippen molar-refractivity contribution in [2.45, 2.75) is 309 Å². The summed E-state index contributed by atoms with van der Waals surface area (Å²) in [7, 11) is 0. The van der Waals surface area contributed by atoms with Gasteiger partial charge in [-0.1, -0.05) is 238 Å². The van der Waals surface area contributed by atoms with Crippen LogP contribution in [0.4, 0.5) is 0 Å². The van der Waals surface area contributed by atoms with Gasteiger partial charge in [-0.3, -0.25) is 14.4 Å². The zero-order valence-corrected chi connectivity index (χ0v) is 41.9. The Morgan fingerprint density at radius 1 is 0.349 bits per heavy atom. The Balaban J connectivity index is 5.00. The molecule has 0 aliphatic heterocycles. The monoisotopic (exact) mass is 892 g/mol. The van der Waals surface area contributed by atoms with Gasteiger partial charge in [0.2, 0.25) is 0 Å². The minimum Gasteiger partial charge on any atom is -0.462 e. The molecule has 6 nitrogen and oxygen atoms in total. The Bertz CT molecular complexity index is 1170. The molecule has 0 spiro atoms. The Kier molecular flexibility index (Phi) is 43.2. The van der Waals surface area contributed by atoms with Crippen LogP contribution in [0.3, 0.4) is 0 Å². The summed E-state index contributed by atoms with van der Waals surface area (Å²) in [5.41, 5.74) is 0. The minimum atomic E-state index is -3.50. The van der Waals surface area contributed by atoms with Gasteiger partial charge in [0, 0.05) is 19.3 Å². The highest BCUT2D eigenvalue weighted by molar-refractivity contribution is 5.71. The maximum atomic E-state index is 13.2. The van der Waals surface area contributed by atoms with Crippen molar-refractivity contribution in [2.75, 3.05) is 13.1 Å². The topological polar surface area (TPSA) is 78.9 Å². The molecule has 0 heterocycles. The number of carbonyl (C=O) groups excluding carboxylic acids is 3. The summed E-state index contributed by atoms with van der Waals surface area (Å²) >= 11 is 0.